The maximum atomic E-state index is 13.0. The number of phosphoric ester groups is 1. The van der Waals surface area contributed by atoms with E-state index in [2.05, 4.69) is 165 Å². The number of carbonyl (C=O) groups is 1. The van der Waals surface area contributed by atoms with Gasteiger partial charge in [0.1, 0.15) is 13.2 Å². The van der Waals surface area contributed by atoms with Crippen LogP contribution in [0, 0.1) is 0 Å². The minimum atomic E-state index is -4.38. The van der Waals surface area contributed by atoms with Gasteiger partial charge in [-0.2, -0.15) is 0 Å². The van der Waals surface area contributed by atoms with Crippen LogP contribution in [0.1, 0.15) is 245 Å². The number of rotatable bonds is 58. The monoisotopic (exact) mass is 1160 g/mol. The molecule has 0 rings (SSSR count). The van der Waals surface area contributed by atoms with E-state index in [4.69, 9.17) is 9.05 Å². The van der Waals surface area contributed by atoms with Gasteiger partial charge in [-0.15, -0.1) is 0 Å². The highest BCUT2D eigenvalue weighted by atomic mass is 31.2. The molecule has 0 aromatic carbocycles. The minimum Gasteiger partial charge on any atom is -0.387 e. The summed E-state index contributed by atoms with van der Waals surface area (Å²) < 4.78 is 23.7. The zero-order valence-electron chi connectivity index (χ0n) is 53.2. The maximum Gasteiger partial charge on any atom is 0.472 e. The first-order valence-corrected chi connectivity index (χ1v) is 34.4. The van der Waals surface area contributed by atoms with Crippen LogP contribution in [0.15, 0.2) is 158 Å². The number of quaternary nitrogens is 1. The topological polar surface area (TPSA) is 105 Å². The van der Waals surface area contributed by atoms with Crippen molar-refractivity contribution in [2.45, 2.75) is 257 Å². The Morgan fingerprint density at radius 2 is 0.744 bits per heavy atom. The highest BCUT2D eigenvalue weighted by molar-refractivity contribution is 7.47. The Bertz CT molecular complexity index is 1890. The number of carbonyl (C=O) groups excluding carboxylic acids is 1. The van der Waals surface area contributed by atoms with Crippen molar-refractivity contribution in [2.75, 3.05) is 40.9 Å². The van der Waals surface area contributed by atoms with Gasteiger partial charge >= 0.3 is 7.82 Å². The molecule has 0 radical (unpaired) electrons. The third-order valence-corrected chi connectivity index (χ3v) is 14.7. The molecule has 0 aliphatic heterocycles. The predicted molar refractivity (Wildman–Crippen MR) is 359 cm³/mol. The van der Waals surface area contributed by atoms with Crippen molar-refractivity contribution in [3.63, 3.8) is 0 Å². The van der Waals surface area contributed by atoms with Crippen molar-refractivity contribution in [3.8, 4) is 0 Å². The Balaban J connectivity index is 4.30. The van der Waals surface area contributed by atoms with E-state index >= 15 is 0 Å². The van der Waals surface area contributed by atoms with Gasteiger partial charge in [0, 0.05) is 6.42 Å². The summed E-state index contributed by atoms with van der Waals surface area (Å²) in [6.07, 6.45) is 96.6. The molecule has 0 saturated heterocycles. The summed E-state index contributed by atoms with van der Waals surface area (Å²) in [5.74, 6) is -0.224. The highest BCUT2D eigenvalue weighted by Crippen LogP contribution is 2.43. The van der Waals surface area contributed by atoms with Crippen LogP contribution in [-0.4, -0.2) is 73.4 Å². The van der Waals surface area contributed by atoms with Gasteiger partial charge in [0.2, 0.25) is 5.91 Å². The number of aliphatic hydroxyl groups is 1. The number of allylic oxidation sites excluding steroid dienone is 25. The quantitative estimate of drug-likeness (QED) is 0.0243. The fourth-order valence-electron chi connectivity index (χ4n) is 8.65. The van der Waals surface area contributed by atoms with Gasteiger partial charge in [-0.25, -0.2) is 4.57 Å². The van der Waals surface area contributed by atoms with Gasteiger partial charge in [-0.05, 0) is 116 Å². The van der Waals surface area contributed by atoms with Crippen LogP contribution in [0.2, 0.25) is 0 Å². The number of likely N-dealkylation sites (N-methyl/N-ethyl adjacent to an activating group) is 1. The van der Waals surface area contributed by atoms with Crippen molar-refractivity contribution in [3.05, 3.63) is 158 Å². The largest absolute Gasteiger partial charge is 0.472 e. The molecule has 3 unspecified atom stereocenters. The summed E-state index contributed by atoms with van der Waals surface area (Å²) in [5, 5.41) is 13.9. The van der Waals surface area contributed by atoms with Crippen LogP contribution in [0.25, 0.3) is 0 Å². The van der Waals surface area contributed by atoms with E-state index in [1.807, 2.05) is 27.2 Å². The number of aliphatic hydroxyl groups excluding tert-OH is 1. The van der Waals surface area contributed by atoms with Crippen molar-refractivity contribution in [1.82, 2.24) is 5.32 Å². The summed E-state index contributed by atoms with van der Waals surface area (Å²) in [6.45, 7) is 4.65. The van der Waals surface area contributed by atoms with Gasteiger partial charge < -0.3 is 19.8 Å². The normalized spacial score (nSPS) is 14.8. The molecular weight excluding hydrogens is 1030 g/mol. The number of amides is 1. The number of nitrogens with zero attached hydrogens (tertiary/aromatic N) is 1. The molecule has 0 aromatic heterocycles. The van der Waals surface area contributed by atoms with Gasteiger partial charge in [0.05, 0.1) is 39.9 Å². The first kappa shape index (κ1) is 78.1. The highest BCUT2D eigenvalue weighted by Gasteiger charge is 2.27. The van der Waals surface area contributed by atoms with E-state index in [0.29, 0.717) is 23.9 Å². The van der Waals surface area contributed by atoms with Gasteiger partial charge in [0.25, 0.3) is 0 Å². The Labute approximate surface area is 505 Å². The van der Waals surface area contributed by atoms with Crippen molar-refractivity contribution in [2.24, 2.45) is 0 Å². The van der Waals surface area contributed by atoms with Crippen LogP contribution in [0.3, 0.4) is 0 Å². The van der Waals surface area contributed by atoms with Gasteiger partial charge in [-0.1, -0.05) is 281 Å². The molecule has 1 amide bonds. The molecule has 9 heteroatoms. The van der Waals surface area contributed by atoms with Crippen molar-refractivity contribution in [1.29, 1.82) is 0 Å². The van der Waals surface area contributed by atoms with Crippen LogP contribution in [0.5, 0.6) is 0 Å². The lowest BCUT2D eigenvalue weighted by atomic mass is 10.0. The molecule has 8 nitrogen and oxygen atoms in total. The predicted octanol–water partition coefficient (Wildman–Crippen LogP) is 21.0. The van der Waals surface area contributed by atoms with E-state index in [1.165, 1.54) is 109 Å². The number of unbranched alkanes of at least 4 members (excludes halogenated alkanes) is 21. The zero-order valence-corrected chi connectivity index (χ0v) is 54.1. The molecular formula is C73H124N2O6P+. The summed E-state index contributed by atoms with van der Waals surface area (Å²) >= 11 is 0. The molecule has 3 atom stereocenters. The summed E-state index contributed by atoms with van der Waals surface area (Å²) in [4.78, 5) is 23.4. The average Bonchev–Trinajstić information content (AvgIpc) is 3.47. The lowest BCUT2D eigenvalue weighted by Gasteiger charge is -2.25. The first-order chi connectivity index (χ1) is 40.0. The standard InChI is InChI=1S/C73H123N2O6P/c1-6-8-10-12-14-16-18-20-22-24-26-28-30-31-32-33-34-35-36-37-38-39-40-41-42-43-45-47-49-51-53-55-57-59-61-63-65-67-73(77)74-71(70-81-82(78,79)80-69-68-75(3,4)5)72(76)66-64-62-60-58-56-54-52-50-48-46-44-29-27-25-23-21-19-17-15-13-11-9-7-2/h8,10,14,16,20,22,26,28,31-32,34-35,37-38,40-41,43,45,49,51,55-58,64,66,71-72,76H,6-7,9,11-13,15,17-19,21,23-25,27,29-30,33,36,39,42,44,46-48,50,52-54,59-63,65,67-70H2,1-5H3,(H-,74,77,78,79)/p+1/b10-8-,16-14-,22-20-,28-26-,32-31-,35-34-,38-37-,41-40-,45-43-,51-49-,57-55-,58-56+,66-64+. The fourth-order valence-corrected chi connectivity index (χ4v) is 9.39. The lowest BCUT2D eigenvalue weighted by molar-refractivity contribution is -0.870. The summed E-state index contributed by atoms with van der Waals surface area (Å²) in [7, 11) is 1.51. The van der Waals surface area contributed by atoms with Crippen molar-refractivity contribution >= 4 is 13.7 Å². The lowest BCUT2D eigenvalue weighted by Crippen LogP contribution is -2.45. The minimum absolute atomic E-state index is 0.0408. The van der Waals surface area contributed by atoms with Crippen LogP contribution in [-0.2, 0) is 18.4 Å². The molecule has 0 heterocycles. The van der Waals surface area contributed by atoms with Crippen LogP contribution >= 0.6 is 7.82 Å². The third-order valence-electron chi connectivity index (χ3n) is 13.7. The maximum absolute atomic E-state index is 13.0. The molecule has 0 aromatic rings. The Hall–Kier alpha value is -3.88. The Kier molecular flexibility index (Phi) is 58.8. The van der Waals surface area contributed by atoms with Crippen LogP contribution in [0.4, 0.5) is 0 Å². The van der Waals surface area contributed by atoms with Gasteiger partial charge in [0.15, 0.2) is 0 Å². The van der Waals surface area contributed by atoms with Gasteiger partial charge in [-0.3, -0.25) is 13.8 Å². The molecule has 82 heavy (non-hydrogen) atoms. The van der Waals surface area contributed by atoms with Crippen LogP contribution < -0.4 is 5.32 Å². The molecule has 0 aliphatic rings. The second-order valence-electron chi connectivity index (χ2n) is 22.7. The molecule has 466 valence electrons. The molecule has 0 saturated carbocycles. The summed E-state index contributed by atoms with van der Waals surface area (Å²) in [6, 6.07) is -0.895. The van der Waals surface area contributed by atoms with Crippen molar-refractivity contribution < 1.29 is 32.9 Å². The van der Waals surface area contributed by atoms with E-state index in [9.17, 15) is 19.4 Å². The first-order valence-electron chi connectivity index (χ1n) is 32.9. The SMILES string of the molecule is CC/C=C\C/C=C\C/C=C\C/C=C\C/C=C\C/C=C\C/C=C\C/C=C\C/C=C\C/C=C\C/C=C\CCCCCC(=O)NC(COP(=O)(O)OCC[N+](C)(C)C)C(O)/C=C/CC/C=C/CCCCCCCCCCCCCCCCCCC. The number of nitrogens with one attached hydrogen (secondary N) is 1. The smallest absolute Gasteiger partial charge is 0.387 e. The molecule has 0 bridgehead atoms. The fraction of sp³-hybridized carbons (Fsp3) is 0.630. The molecule has 0 aliphatic carbocycles. The Morgan fingerprint density at radius 1 is 0.427 bits per heavy atom. The average molecular weight is 1160 g/mol. The summed E-state index contributed by atoms with van der Waals surface area (Å²) in [5.41, 5.74) is 0. The number of phosphoric acid groups is 1. The second kappa shape index (κ2) is 61.7. The van der Waals surface area contributed by atoms with E-state index in [1.54, 1.807) is 6.08 Å². The van der Waals surface area contributed by atoms with E-state index < -0.39 is 20.0 Å². The van der Waals surface area contributed by atoms with E-state index in [0.717, 1.165) is 109 Å². The number of hydrogen-bond acceptors (Lipinski definition) is 5. The van der Waals surface area contributed by atoms with E-state index in [-0.39, 0.29) is 19.1 Å². The second-order valence-corrected chi connectivity index (χ2v) is 24.2. The molecule has 0 spiro atoms. The zero-order chi connectivity index (χ0) is 59.8. The molecule has 3 N–H and O–H groups in total. The Morgan fingerprint density at radius 3 is 1.12 bits per heavy atom. The third kappa shape index (κ3) is 63.7. The molecule has 0 fully saturated rings. The number of hydrogen-bond donors (Lipinski definition) is 3.